The van der Waals surface area contributed by atoms with Crippen molar-refractivity contribution in [2.75, 3.05) is 4.81 Å². The molecule has 0 spiro atoms. The van der Waals surface area contributed by atoms with E-state index >= 15 is 0 Å². The molecule has 11 rings (SSSR count). The second-order valence-electron chi connectivity index (χ2n) is 20.4. The molecule has 4 aliphatic rings. The van der Waals surface area contributed by atoms with E-state index in [9.17, 15) is 0 Å². The van der Waals surface area contributed by atoms with E-state index in [1.165, 1.54) is 109 Å². The smallest absolute Gasteiger partial charge is 0.329 e. The van der Waals surface area contributed by atoms with E-state index < -0.39 is 0 Å². The van der Waals surface area contributed by atoms with Crippen LogP contribution in [0, 0.1) is 0 Å². The van der Waals surface area contributed by atoms with Crippen molar-refractivity contribution in [1.29, 1.82) is 0 Å². The van der Waals surface area contributed by atoms with Gasteiger partial charge in [0.2, 0.25) is 6.71 Å². The Balaban J connectivity index is 1.34. The maximum atomic E-state index is 2.83. The summed E-state index contributed by atoms with van der Waals surface area (Å²) < 4.78 is 2.58. The molecule has 0 aliphatic carbocycles. The van der Waals surface area contributed by atoms with Crippen LogP contribution in [0.15, 0.2) is 107 Å². The average Bonchev–Trinajstić information content (AvgIpc) is 3.47. The Kier molecular flexibility index (Phi) is 6.85. The summed E-state index contributed by atoms with van der Waals surface area (Å²) in [7, 11) is 0. The van der Waals surface area contributed by atoms with Gasteiger partial charge < -0.3 is 9.38 Å². The monoisotopic (exact) mass is 744 g/mol. The molecule has 5 heterocycles. The van der Waals surface area contributed by atoms with Gasteiger partial charge in [-0.25, -0.2) is 0 Å². The molecule has 0 unspecified atom stereocenters. The number of hydrogen-bond acceptors (Lipinski definition) is 2. The zero-order chi connectivity index (χ0) is 39.0. The molecule has 0 bridgehead atoms. The molecule has 0 N–H and O–H groups in total. The zero-order valence-corrected chi connectivity index (χ0v) is 35.6. The highest BCUT2D eigenvalue weighted by atomic mass is 32.2. The first-order chi connectivity index (χ1) is 26.5. The standard InChI is InChI=1S/C51H50B2N2S/c1-28(2)54-42-15-13-12-14-33(42)36-26-35-37-22-31(51(9,10)11)25-41-47(37)55-48-34(32-18-16-29(49(3,4)5)23-38(32)53(55)39(35)27-43(36)54)19-21-45-46(48)52(41)40-24-30(50(6,7)8)17-20-44(40)56-45/h12-28H,1-11H3. The second kappa shape index (κ2) is 11.1. The molecule has 0 saturated carbocycles. The number of hydrogen-bond donors (Lipinski definition) is 0. The Morgan fingerprint density at radius 1 is 0.500 bits per heavy atom. The molecular weight excluding hydrogens is 694 g/mol. The third kappa shape index (κ3) is 4.55. The number of para-hydroxylation sites is 1. The van der Waals surface area contributed by atoms with E-state index in [4.69, 9.17) is 0 Å². The number of benzene rings is 6. The van der Waals surface area contributed by atoms with Crippen LogP contribution >= 0.6 is 11.8 Å². The number of anilines is 2. The maximum Gasteiger partial charge on any atom is 0.329 e. The average molecular weight is 745 g/mol. The van der Waals surface area contributed by atoms with Crippen LogP contribution in [0.1, 0.15) is 98.9 Å². The lowest BCUT2D eigenvalue weighted by Gasteiger charge is -2.51. The molecule has 0 fully saturated rings. The van der Waals surface area contributed by atoms with Gasteiger partial charge in [0, 0.05) is 60.1 Å². The fraction of sp³-hybridized carbons (Fsp3) is 0.294. The summed E-state index contributed by atoms with van der Waals surface area (Å²) in [5, 5.41) is 2.69. The molecule has 56 heavy (non-hydrogen) atoms. The Hall–Kier alpha value is -4.60. The van der Waals surface area contributed by atoms with E-state index in [-0.39, 0.29) is 29.8 Å². The summed E-state index contributed by atoms with van der Waals surface area (Å²) in [6.07, 6.45) is 0. The minimum Gasteiger partial charge on any atom is -0.377 e. The molecule has 6 aromatic carbocycles. The molecule has 0 atom stereocenters. The van der Waals surface area contributed by atoms with Gasteiger partial charge in [-0.1, -0.05) is 140 Å². The number of fused-ring (bicyclic) bond motifs is 12. The van der Waals surface area contributed by atoms with Crippen molar-refractivity contribution in [3.8, 4) is 22.3 Å². The summed E-state index contributed by atoms with van der Waals surface area (Å²) in [5.74, 6) is 0. The highest BCUT2D eigenvalue weighted by molar-refractivity contribution is 8.00. The van der Waals surface area contributed by atoms with Crippen LogP contribution in [0.2, 0.25) is 0 Å². The normalized spacial score (nSPS) is 15.0. The highest BCUT2D eigenvalue weighted by Crippen LogP contribution is 2.51. The summed E-state index contributed by atoms with van der Waals surface area (Å²) >= 11 is 1.97. The van der Waals surface area contributed by atoms with Crippen molar-refractivity contribution in [3.05, 3.63) is 114 Å². The topological polar surface area (TPSA) is 8.17 Å². The quantitative estimate of drug-likeness (QED) is 0.155. The van der Waals surface area contributed by atoms with Crippen molar-refractivity contribution < 1.29 is 0 Å². The zero-order valence-electron chi connectivity index (χ0n) is 34.8. The van der Waals surface area contributed by atoms with E-state index in [2.05, 4.69) is 183 Å². The van der Waals surface area contributed by atoms with Crippen LogP contribution in [-0.2, 0) is 16.2 Å². The minimum absolute atomic E-state index is 0.0269. The minimum atomic E-state index is -0.0269. The van der Waals surface area contributed by atoms with E-state index in [0.29, 0.717) is 6.04 Å². The molecule has 0 radical (unpaired) electrons. The Morgan fingerprint density at radius 2 is 1.12 bits per heavy atom. The van der Waals surface area contributed by atoms with Crippen molar-refractivity contribution in [2.24, 2.45) is 0 Å². The molecule has 7 aromatic rings. The Bertz CT molecular complexity index is 2890. The van der Waals surface area contributed by atoms with Crippen LogP contribution in [0.4, 0.5) is 11.4 Å². The van der Waals surface area contributed by atoms with Crippen LogP contribution in [0.3, 0.4) is 0 Å². The van der Waals surface area contributed by atoms with Crippen molar-refractivity contribution in [3.63, 3.8) is 0 Å². The fourth-order valence-corrected chi connectivity index (χ4v) is 11.7. The first-order valence-corrected chi connectivity index (χ1v) is 21.5. The third-order valence-corrected chi connectivity index (χ3v) is 14.6. The lowest BCUT2D eigenvalue weighted by Crippen LogP contribution is -2.69. The van der Waals surface area contributed by atoms with Crippen molar-refractivity contribution in [1.82, 2.24) is 4.57 Å². The first-order valence-electron chi connectivity index (χ1n) is 20.7. The molecule has 2 nitrogen and oxygen atoms in total. The van der Waals surface area contributed by atoms with Gasteiger partial charge in [0.05, 0.1) is 0 Å². The van der Waals surface area contributed by atoms with Gasteiger partial charge >= 0.3 is 6.85 Å². The predicted molar refractivity (Wildman–Crippen MR) is 246 cm³/mol. The van der Waals surface area contributed by atoms with E-state index in [1.807, 2.05) is 11.8 Å². The van der Waals surface area contributed by atoms with Crippen molar-refractivity contribution in [2.45, 2.75) is 108 Å². The first kappa shape index (κ1) is 34.6. The summed E-state index contributed by atoms with van der Waals surface area (Å²) in [6.45, 7) is 26.2. The van der Waals surface area contributed by atoms with Gasteiger partial charge in [0.1, 0.15) is 0 Å². The van der Waals surface area contributed by atoms with Gasteiger partial charge in [-0.2, -0.15) is 0 Å². The maximum absolute atomic E-state index is 2.83. The van der Waals surface area contributed by atoms with Crippen LogP contribution in [0.25, 0.3) is 44.1 Å². The molecule has 1 aromatic heterocycles. The number of nitrogens with zero attached hydrogens (tertiary/aromatic N) is 2. The molecule has 0 amide bonds. The lowest BCUT2D eigenvalue weighted by molar-refractivity contribution is 0.590. The summed E-state index contributed by atoms with van der Waals surface area (Å²) in [5.41, 5.74) is 22.5. The van der Waals surface area contributed by atoms with Gasteiger partial charge in [-0.15, -0.1) is 0 Å². The van der Waals surface area contributed by atoms with Crippen LogP contribution < -0.4 is 32.1 Å². The SMILES string of the molecule is CC(C)n1c2ccccc2c2cc3c(cc21)B1c2cc(C(C)(C)C)ccc2-c2ccc4c5c2N1c1c(cc(C(C)(C)C)cc1-3)B5c1cc(C(C)(C)C)ccc1S4. The summed E-state index contributed by atoms with van der Waals surface area (Å²) in [4.78, 5) is 5.61. The molecule has 5 heteroatoms. The van der Waals surface area contributed by atoms with E-state index in [1.54, 1.807) is 0 Å². The van der Waals surface area contributed by atoms with E-state index in [0.717, 1.165) is 0 Å². The molecule has 0 saturated heterocycles. The highest BCUT2D eigenvalue weighted by Gasteiger charge is 2.51. The molecule has 276 valence electrons. The van der Waals surface area contributed by atoms with Crippen molar-refractivity contribution >= 4 is 85.8 Å². The van der Waals surface area contributed by atoms with Gasteiger partial charge in [0.15, 0.2) is 0 Å². The number of rotatable bonds is 1. The lowest BCUT2D eigenvalue weighted by atomic mass is 9.31. The molecular formula is C51H50B2N2S. The van der Waals surface area contributed by atoms with Gasteiger partial charge in [-0.3, -0.25) is 0 Å². The molecule has 4 aliphatic heterocycles. The van der Waals surface area contributed by atoms with Crippen LogP contribution in [0.5, 0.6) is 0 Å². The Labute approximate surface area is 337 Å². The largest absolute Gasteiger partial charge is 0.377 e. The number of aromatic nitrogens is 1. The predicted octanol–water partition coefficient (Wildman–Crippen LogP) is 10.5. The second-order valence-corrected chi connectivity index (χ2v) is 21.5. The van der Waals surface area contributed by atoms with Gasteiger partial charge in [0.25, 0.3) is 0 Å². The third-order valence-electron chi connectivity index (χ3n) is 13.4. The van der Waals surface area contributed by atoms with Crippen LogP contribution in [-0.4, -0.2) is 18.1 Å². The fourth-order valence-electron chi connectivity index (χ4n) is 10.5. The Morgan fingerprint density at radius 3 is 1.84 bits per heavy atom. The summed E-state index contributed by atoms with van der Waals surface area (Å²) in [6, 6.07) is 39.4. The van der Waals surface area contributed by atoms with Gasteiger partial charge in [-0.05, 0) is 116 Å².